The molecule has 114 valence electrons. The molecule has 1 N–H and O–H groups in total. The van der Waals surface area contributed by atoms with Crippen molar-refractivity contribution in [2.45, 2.75) is 47.1 Å². The van der Waals surface area contributed by atoms with Gasteiger partial charge in [0, 0.05) is 16.8 Å². The zero-order valence-electron chi connectivity index (χ0n) is 13.5. The van der Waals surface area contributed by atoms with E-state index in [1.165, 1.54) is 11.3 Å². The van der Waals surface area contributed by atoms with E-state index in [1.807, 2.05) is 10.7 Å². The lowest BCUT2D eigenvalue weighted by molar-refractivity contribution is 0.598. The summed E-state index contributed by atoms with van der Waals surface area (Å²) < 4.78 is 1.99. The number of aromatic nitrogens is 2. The summed E-state index contributed by atoms with van der Waals surface area (Å²) in [5, 5.41) is 8.82. The molecular weight excluding hydrogens is 282 g/mol. The lowest BCUT2D eigenvalue weighted by atomic mass is 10.1. The minimum atomic E-state index is 0.253. The highest BCUT2D eigenvalue weighted by Gasteiger charge is 2.14. The molecule has 0 aliphatic rings. The smallest absolute Gasteiger partial charge is 0.0663 e. The summed E-state index contributed by atoms with van der Waals surface area (Å²) in [4.78, 5) is 0. The number of benzene rings is 1. The molecule has 1 unspecified atom stereocenters. The third-order valence-corrected chi connectivity index (χ3v) is 4.33. The molecule has 2 rings (SSSR count). The quantitative estimate of drug-likeness (QED) is 0.888. The molecule has 1 atom stereocenters. The van der Waals surface area contributed by atoms with Crippen LogP contribution in [0.1, 0.15) is 49.3 Å². The van der Waals surface area contributed by atoms with Gasteiger partial charge in [-0.1, -0.05) is 31.5 Å². The van der Waals surface area contributed by atoms with Crippen LogP contribution in [-0.2, 0) is 6.42 Å². The Bertz CT molecular complexity index is 631. The SMILES string of the molecule is CCNC(C)c1ccc(-n2nc(C)c(CC)c2C)cc1Cl. The molecule has 0 aliphatic carbocycles. The van der Waals surface area contributed by atoms with Gasteiger partial charge in [0.2, 0.25) is 0 Å². The average Bonchev–Trinajstić information content (AvgIpc) is 2.73. The van der Waals surface area contributed by atoms with E-state index in [1.54, 1.807) is 0 Å². The molecule has 1 aromatic heterocycles. The normalized spacial score (nSPS) is 12.7. The maximum absolute atomic E-state index is 6.46. The Morgan fingerprint density at radius 1 is 1.29 bits per heavy atom. The fraction of sp³-hybridized carbons (Fsp3) is 0.471. The largest absolute Gasteiger partial charge is 0.310 e. The average molecular weight is 306 g/mol. The lowest BCUT2D eigenvalue weighted by Gasteiger charge is -2.15. The van der Waals surface area contributed by atoms with Gasteiger partial charge in [-0.3, -0.25) is 0 Å². The van der Waals surface area contributed by atoms with Crippen LogP contribution in [0, 0.1) is 13.8 Å². The fourth-order valence-electron chi connectivity index (χ4n) is 2.85. The van der Waals surface area contributed by atoms with Crippen molar-refractivity contribution >= 4 is 11.6 Å². The van der Waals surface area contributed by atoms with Crippen LogP contribution in [0.5, 0.6) is 0 Å². The van der Waals surface area contributed by atoms with Crippen LogP contribution in [-0.4, -0.2) is 16.3 Å². The highest BCUT2D eigenvalue weighted by Crippen LogP contribution is 2.27. The topological polar surface area (TPSA) is 29.9 Å². The van der Waals surface area contributed by atoms with Gasteiger partial charge in [0.15, 0.2) is 0 Å². The number of nitrogens with zero attached hydrogens (tertiary/aromatic N) is 2. The zero-order chi connectivity index (χ0) is 15.6. The van der Waals surface area contributed by atoms with Crippen LogP contribution in [0.25, 0.3) is 5.69 Å². The Balaban J connectivity index is 2.41. The van der Waals surface area contributed by atoms with Crippen molar-refractivity contribution in [3.05, 3.63) is 45.7 Å². The molecule has 0 radical (unpaired) electrons. The fourth-order valence-corrected chi connectivity index (χ4v) is 3.19. The van der Waals surface area contributed by atoms with Crippen LogP contribution < -0.4 is 5.32 Å². The lowest BCUT2D eigenvalue weighted by Crippen LogP contribution is -2.18. The van der Waals surface area contributed by atoms with E-state index in [0.29, 0.717) is 0 Å². The first-order valence-corrected chi connectivity index (χ1v) is 7.95. The first kappa shape index (κ1) is 16.1. The minimum Gasteiger partial charge on any atom is -0.310 e. The summed E-state index contributed by atoms with van der Waals surface area (Å²) >= 11 is 6.46. The molecule has 0 spiro atoms. The van der Waals surface area contributed by atoms with Gasteiger partial charge >= 0.3 is 0 Å². The standard InChI is InChI=1S/C17H24ClN3/c1-6-15-12(4)20-21(13(15)5)14-8-9-16(17(18)10-14)11(3)19-7-2/h8-11,19H,6-7H2,1-5H3. The summed E-state index contributed by atoms with van der Waals surface area (Å²) in [6.07, 6.45) is 1.00. The highest BCUT2D eigenvalue weighted by atomic mass is 35.5. The number of nitrogens with one attached hydrogen (secondary N) is 1. The Hall–Kier alpha value is -1.32. The molecular formula is C17H24ClN3. The van der Waals surface area contributed by atoms with Gasteiger partial charge in [-0.15, -0.1) is 0 Å². The van der Waals surface area contributed by atoms with E-state index in [0.717, 1.165) is 34.9 Å². The van der Waals surface area contributed by atoms with E-state index >= 15 is 0 Å². The predicted molar refractivity (Wildman–Crippen MR) is 89.5 cm³/mol. The molecule has 1 heterocycles. The van der Waals surface area contributed by atoms with Crippen LogP contribution in [0.15, 0.2) is 18.2 Å². The van der Waals surface area contributed by atoms with E-state index in [2.05, 4.69) is 57.2 Å². The Morgan fingerprint density at radius 2 is 2.00 bits per heavy atom. The monoisotopic (exact) mass is 305 g/mol. The molecule has 2 aromatic rings. The maximum Gasteiger partial charge on any atom is 0.0663 e. The molecule has 0 fully saturated rings. The third kappa shape index (κ3) is 3.14. The molecule has 3 nitrogen and oxygen atoms in total. The first-order valence-electron chi connectivity index (χ1n) is 7.57. The molecule has 21 heavy (non-hydrogen) atoms. The molecule has 0 saturated heterocycles. The number of hydrogen-bond acceptors (Lipinski definition) is 2. The Labute approximate surface area is 132 Å². The van der Waals surface area contributed by atoms with E-state index in [4.69, 9.17) is 11.6 Å². The van der Waals surface area contributed by atoms with Gasteiger partial charge in [-0.2, -0.15) is 5.10 Å². The second kappa shape index (κ2) is 6.63. The van der Waals surface area contributed by atoms with Gasteiger partial charge in [0.05, 0.1) is 11.4 Å². The Morgan fingerprint density at radius 3 is 2.52 bits per heavy atom. The Kier molecular flexibility index (Phi) is 5.07. The predicted octanol–water partition coefficient (Wildman–Crippen LogP) is 4.38. The van der Waals surface area contributed by atoms with Crippen molar-refractivity contribution in [1.29, 1.82) is 0 Å². The van der Waals surface area contributed by atoms with Gasteiger partial charge in [-0.25, -0.2) is 4.68 Å². The van der Waals surface area contributed by atoms with Crippen LogP contribution in [0.3, 0.4) is 0 Å². The molecule has 4 heteroatoms. The third-order valence-electron chi connectivity index (χ3n) is 4.00. The van der Waals surface area contributed by atoms with Crippen molar-refractivity contribution in [3.8, 4) is 5.69 Å². The van der Waals surface area contributed by atoms with Crippen LogP contribution in [0.4, 0.5) is 0 Å². The summed E-state index contributed by atoms with van der Waals surface area (Å²) in [7, 11) is 0. The summed E-state index contributed by atoms with van der Waals surface area (Å²) in [6.45, 7) is 11.5. The summed E-state index contributed by atoms with van der Waals surface area (Å²) in [5.74, 6) is 0. The second-order valence-electron chi connectivity index (χ2n) is 5.40. The number of halogens is 1. The minimum absolute atomic E-state index is 0.253. The van der Waals surface area contributed by atoms with Gasteiger partial charge in [0.25, 0.3) is 0 Å². The van der Waals surface area contributed by atoms with Gasteiger partial charge < -0.3 is 5.32 Å². The van der Waals surface area contributed by atoms with Crippen LogP contribution in [0.2, 0.25) is 5.02 Å². The highest BCUT2D eigenvalue weighted by molar-refractivity contribution is 6.31. The molecule has 0 amide bonds. The van der Waals surface area contributed by atoms with Gasteiger partial charge in [-0.05, 0) is 57.0 Å². The van der Waals surface area contributed by atoms with Crippen molar-refractivity contribution in [3.63, 3.8) is 0 Å². The number of rotatable bonds is 5. The molecule has 1 aromatic carbocycles. The molecule has 0 aliphatic heterocycles. The van der Waals surface area contributed by atoms with E-state index in [-0.39, 0.29) is 6.04 Å². The van der Waals surface area contributed by atoms with E-state index in [9.17, 15) is 0 Å². The molecule has 0 saturated carbocycles. The van der Waals surface area contributed by atoms with Gasteiger partial charge in [0.1, 0.15) is 0 Å². The number of aryl methyl sites for hydroxylation is 1. The number of hydrogen-bond donors (Lipinski definition) is 1. The molecule has 0 bridgehead atoms. The van der Waals surface area contributed by atoms with Crippen LogP contribution >= 0.6 is 11.6 Å². The van der Waals surface area contributed by atoms with E-state index < -0.39 is 0 Å². The van der Waals surface area contributed by atoms with Crippen molar-refractivity contribution in [2.75, 3.05) is 6.54 Å². The second-order valence-corrected chi connectivity index (χ2v) is 5.81. The summed E-state index contributed by atoms with van der Waals surface area (Å²) in [6, 6.07) is 6.44. The first-order chi connectivity index (χ1) is 9.99. The summed E-state index contributed by atoms with van der Waals surface area (Å²) in [5.41, 5.74) is 5.75. The van der Waals surface area contributed by atoms with Crippen molar-refractivity contribution in [1.82, 2.24) is 15.1 Å². The van der Waals surface area contributed by atoms with Crippen molar-refractivity contribution in [2.24, 2.45) is 0 Å². The zero-order valence-corrected chi connectivity index (χ0v) is 14.3. The van der Waals surface area contributed by atoms with Crippen molar-refractivity contribution < 1.29 is 0 Å². The maximum atomic E-state index is 6.46.